The number of likely N-dealkylation sites (tertiary alicyclic amines) is 1. The maximum atomic E-state index is 12.9. The third-order valence-electron chi connectivity index (χ3n) is 4.84. The molecule has 1 amide bonds. The lowest BCUT2D eigenvalue weighted by Crippen LogP contribution is -2.41. The summed E-state index contributed by atoms with van der Waals surface area (Å²) in [4.78, 5) is 25.9. The van der Waals surface area contributed by atoms with E-state index in [2.05, 4.69) is 29.0 Å². The van der Waals surface area contributed by atoms with Crippen molar-refractivity contribution >= 4 is 17.7 Å². The first kappa shape index (κ1) is 19.9. The highest BCUT2D eigenvalue weighted by molar-refractivity contribution is 7.98. The fraction of sp³-hybridized carbons (Fsp3) is 0.550. The first-order valence-electron chi connectivity index (χ1n) is 9.42. The van der Waals surface area contributed by atoms with Crippen LogP contribution in [0, 0.1) is 13.8 Å². The molecule has 0 bridgehead atoms. The summed E-state index contributed by atoms with van der Waals surface area (Å²) < 4.78 is 5.84. The Morgan fingerprint density at radius 2 is 2.00 bits per heavy atom. The Labute approximate surface area is 165 Å². The second kappa shape index (κ2) is 8.89. The van der Waals surface area contributed by atoms with Gasteiger partial charge in [-0.2, -0.15) is 0 Å². The first-order valence-corrected chi connectivity index (χ1v) is 10.4. The highest BCUT2D eigenvalue weighted by Crippen LogP contribution is 2.23. The molecule has 0 radical (unpaired) electrons. The number of carbonyl (C=O) groups excluding carboxylic acids is 1. The van der Waals surface area contributed by atoms with Gasteiger partial charge in [-0.25, -0.2) is 9.97 Å². The number of aromatic nitrogens is 2. The largest absolute Gasteiger partial charge is 0.455 e. The van der Waals surface area contributed by atoms with E-state index in [0.717, 1.165) is 54.7 Å². The van der Waals surface area contributed by atoms with Crippen molar-refractivity contribution in [2.24, 2.45) is 0 Å². The molecule has 1 saturated heterocycles. The van der Waals surface area contributed by atoms with Gasteiger partial charge in [0, 0.05) is 30.5 Å². The van der Waals surface area contributed by atoms with Crippen LogP contribution in [0.5, 0.6) is 0 Å². The van der Waals surface area contributed by atoms with Crippen LogP contribution >= 0.6 is 11.8 Å². The van der Waals surface area contributed by atoms with Gasteiger partial charge in [-0.05, 0) is 59.0 Å². The fourth-order valence-electron chi connectivity index (χ4n) is 3.35. The summed E-state index contributed by atoms with van der Waals surface area (Å²) in [7, 11) is 4.16. The van der Waals surface area contributed by atoms with Crippen molar-refractivity contribution in [1.29, 1.82) is 0 Å². The zero-order valence-corrected chi connectivity index (χ0v) is 17.4. The summed E-state index contributed by atoms with van der Waals surface area (Å²) in [6.45, 7) is 5.48. The molecule has 27 heavy (non-hydrogen) atoms. The average Bonchev–Trinajstić information content (AvgIpc) is 2.94. The number of nitrogens with zero attached hydrogens (tertiary/aromatic N) is 4. The van der Waals surface area contributed by atoms with Crippen molar-refractivity contribution in [3.8, 4) is 0 Å². The molecule has 3 rings (SSSR count). The maximum absolute atomic E-state index is 12.9. The lowest BCUT2D eigenvalue weighted by Gasteiger charge is -2.28. The summed E-state index contributed by atoms with van der Waals surface area (Å²) in [5.74, 6) is 1.79. The van der Waals surface area contributed by atoms with Crippen LogP contribution in [0.4, 0.5) is 0 Å². The topological polar surface area (TPSA) is 62.5 Å². The number of furan rings is 1. The van der Waals surface area contributed by atoms with Crippen LogP contribution in [0.3, 0.4) is 0 Å². The van der Waals surface area contributed by atoms with Gasteiger partial charge in [-0.1, -0.05) is 18.2 Å². The lowest BCUT2D eigenvalue weighted by atomic mass is 10.1. The number of hydrogen-bond donors (Lipinski definition) is 0. The predicted octanol–water partition coefficient (Wildman–Crippen LogP) is 3.54. The number of thioether (sulfide) groups is 1. The fourth-order valence-corrected chi connectivity index (χ4v) is 4.19. The lowest BCUT2D eigenvalue weighted by molar-refractivity contribution is 0.0692. The van der Waals surface area contributed by atoms with Gasteiger partial charge in [0.05, 0.1) is 5.75 Å². The molecule has 6 nitrogen and oxygen atoms in total. The Kier molecular flexibility index (Phi) is 6.55. The zero-order valence-electron chi connectivity index (χ0n) is 16.6. The number of carbonyl (C=O) groups is 1. The summed E-state index contributed by atoms with van der Waals surface area (Å²) in [5, 5.41) is 0.734. The second-order valence-electron chi connectivity index (χ2n) is 7.35. The molecule has 0 aliphatic carbocycles. The van der Waals surface area contributed by atoms with Gasteiger partial charge in [0.15, 0.2) is 10.9 Å². The molecule has 1 fully saturated rings. The van der Waals surface area contributed by atoms with E-state index in [1.807, 2.05) is 30.9 Å². The van der Waals surface area contributed by atoms with Crippen LogP contribution in [0.25, 0.3) is 0 Å². The highest BCUT2D eigenvalue weighted by atomic mass is 32.2. The summed E-state index contributed by atoms with van der Waals surface area (Å²) in [6, 6.07) is 6.03. The van der Waals surface area contributed by atoms with Crippen molar-refractivity contribution in [2.75, 3.05) is 27.2 Å². The van der Waals surface area contributed by atoms with Crippen LogP contribution < -0.4 is 0 Å². The Bertz CT molecular complexity index is 770. The van der Waals surface area contributed by atoms with Gasteiger partial charge in [-0.3, -0.25) is 4.79 Å². The van der Waals surface area contributed by atoms with Gasteiger partial charge >= 0.3 is 0 Å². The Hall–Kier alpha value is -1.86. The van der Waals surface area contributed by atoms with E-state index in [-0.39, 0.29) is 5.91 Å². The zero-order chi connectivity index (χ0) is 19.4. The molecule has 146 valence electrons. The molecule has 2 aromatic rings. The van der Waals surface area contributed by atoms with E-state index in [1.165, 1.54) is 11.8 Å². The number of amides is 1. The minimum atomic E-state index is -0.0114. The highest BCUT2D eigenvalue weighted by Gasteiger charge is 2.25. The van der Waals surface area contributed by atoms with Crippen LogP contribution in [0.2, 0.25) is 0 Å². The normalized spacial score (nSPS) is 18.0. The SMILES string of the molecule is Cc1cc(C)nc(SCc2ccc(C(=O)N3CCCCC(N(C)C)C3)o2)n1. The van der Waals surface area contributed by atoms with Crippen molar-refractivity contribution in [3.05, 3.63) is 41.1 Å². The standard InChI is InChI=1S/C20H28N4O2S/c1-14-11-15(2)22-20(21-14)27-13-17-8-9-18(26-17)19(25)24-10-6-5-7-16(12-24)23(3)4/h8-9,11,16H,5-7,10,12-13H2,1-4H3. The number of likely N-dealkylation sites (N-methyl/N-ethyl adjacent to an activating group) is 1. The van der Waals surface area contributed by atoms with Crippen LogP contribution in [0.1, 0.15) is 47.0 Å². The third kappa shape index (κ3) is 5.32. The number of rotatable bonds is 5. The molecule has 1 unspecified atom stereocenters. The Morgan fingerprint density at radius 1 is 1.26 bits per heavy atom. The molecule has 0 aromatic carbocycles. The first-order chi connectivity index (χ1) is 12.9. The molecule has 7 heteroatoms. The minimum Gasteiger partial charge on any atom is -0.455 e. The summed E-state index contributed by atoms with van der Waals surface area (Å²) >= 11 is 1.52. The maximum Gasteiger partial charge on any atom is 0.289 e. The molecule has 1 aliphatic rings. The van der Waals surface area contributed by atoms with Gasteiger partial charge < -0.3 is 14.2 Å². The van der Waals surface area contributed by atoms with Gasteiger partial charge in [0.25, 0.3) is 5.91 Å². The van der Waals surface area contributed by atoms with E-state index in [4.69, 9.17) is 4.42 Å². The van der Waals surface area contributed by atoms with E-state index >= 15 is 0 Å². The molecular formula is C20H28N4O2S. The molecule has 0 spiro atoms. The molecule has 0 N–H and O–H groups in total. The van der Waals surface area contributed by atoms with Gasteiger partial charge in [-0.15, -0.1) is 0 Å². The molecule has 3 heterocycles. The van der Waals surface area contributed by atoms with E-state index in [9.17, 15) is 4.79 Å². The summed E-state index contributed by atoms with van der Waals surface area (Å²) in [6.07, 6.45) is 3.33. The smallest absolute Gasteiger partial charge is 0.289 e. The van der Waals surface area contributed by atoms with Gasteiger partial charge in [0.1, 0.15) is 5.76 Å². The second-order valence-corrected chi connectivity index (χ2v) is 8.29. The van der Waals surface area contributed by atoms with Crippen LogP contribution in [-0.4, -0.2) is 58.9 Å². The van der Waals surface area contributed by atoms with E-state index in [1.54, 1.807) is 6.07 Å². The van der Waals surface area contributed by atoms with E-state index in [0.29, 0.717) is 17.6 Å². The minimum absolute atomic E-state index is 0.0114. The average molecular weight is 389 g/mol. The summed E-state index contributed by atoms with van der Waals surface area (Å²) in [5.41, 5.74) is 1.91. The quantitative estimate of drug-likeness (QED) is 0.577. The Morgan fingerprint density at radius 3 is 2.70 bits per heavy atom. The number of hydrogen-bond acceptors (Lipinski definition) is 6. The predicted molar refractivity (Wildman–Crippen MR) is 107 cm³/mol. The third-order valence-corrected chi connectivity index (χ3v) is 5.71. The van der Waals surface area contributed by atoms with E-state index < -0.39 is 0 Å². The molecule has 1 aliphatic heterocycles. The van der Waals surface area contributed by atoms with Gasteiger partial charge in [0.2, 0.25) is 0 Å². The van der Waals surface area contributed by atoms with Crippen molar-refractivity contribution in [2.45, 2.75) is 50.1 Å². The Balaban J connectivity index is 1.63. The molecule has 1 atom stereocenters. The number of aryl methyl sites for hydroxylation is 2. The van der Waals surface area contributed by atoms with Crippen molar-refractivity contribution < 1.29 is 9.21 Å². The van der Waals surface area contributed by atoms with Crippen molar-refractivity contribution in [3.63, 3.8) is 0 Å². The molecule has 2 aromatic heterocycles. The van der Waals surface area contributed by atoms with Crippen molar-refractivity contribution in [1.82, 2.24) is 19.8 Å². The molecule has 0 saturated carbocycles. The van der Waals surface area contributed by atoms with Crippen LogP contribution in [-0.2, 0) is 5.75 Å². The monoisotopic (exact) mass is 388 g/mol. The molecular weight excluding hydrogens is 360 g/mol. The van der Waals surface area contributed by atoms with Crippen LogP contribution in [0.15, 0.2) is 27.8 Å².